The van der Waals surface area contributed by atoms with Crippen LogP contribution in [0.1, 0.15) is 30.3 Å². The molecule has 1 atom stereocenters. The van der Waals surface area contributed by atoms with Gasteiger partial charge in [0.15, 0.2) is 23.2 Å². The van der Waals surface area contributed by atoms with E-state index in [1.54, 1.807) is 0 Å². The Balaban J connectivity index is 1.42. The van der Waals surface area contributed by atoms with Crippen LogP contribution in [0.25, 0.3) is 28.1 Å². The van der Waals surface area contributed by atoms with Gasteiger partial charge in [-0.3, -0.25) is 9.36 Å². The van der Waals surface area contributed by atoms with Crippen LogP contribution in [0, 0.1) is 11.0 Å². The van der Waals surface area contributed by atoms with Crippen molar-refractivity contribution >= 4 is 23.2 Å². The smallest absolute Gasteiger partial charge is 0.334 e. The van der Waals surface area contributed by atoms with Crippen molar-refractivity contribution in [3.63, 3.8) is 0 Å². The second-order valence-corrected chi connectivity index (χ2v) is 10.1. The third kappa shape index (κ3) is 5.58. The molecule has 5 heterocycles. The van der Waals surface area contributed by atoms with Crippen molar-refractivity contribution in [2.24, 2.45) is 0 Å². The van der Waals surface area contributed by atoms with E-state index in [4.69, 9.17) is 23.2 Å². The van der Waals surface area contributed by atoms with Crippen LogP contribution in [0.15, 0.2) is 67.6 Å². The Hall–Kier alpha value is -4.90. The fourth-order valence-corrected chi connectivity index (χ4v) is 4.78. The number of hydrogen-bond acceptors (Lipinski definition) is 7. The predicted octanol–water partition coefficient (Wildman–Crippen LogP) is 5.29. The van der Waals surface area contributed by atoms with Crippen molar-refractivity contribution in [2.45, 2.75) is 25.6 Å². The molecule has 0 amide bonds. The molecule has 0 fully saturated rings. The molecule has 0 bridgehead atoms. The Morgan fingerprint density at radius 1 is 0.864 bits per heavy atom. The SMILES string of the molecule is [O-][n+]1cc(-c2c(-n3cc(Cl)nn3)ccc(Cl)c2F)ccc1[C@@H](Cn1cc(C(F)F)cn1)n1cc(-c2cn(C(F)F)nn2)cn1. The molecule has 6 aromatic rings. The summed E-state index contributed by atoms with van der Waals surface area (Å²) in [6.07, 6.45) is 5.55. The summed E-state index contributed by atoms with van der Waals surface area (Å²) in [4.78, 5) is 0. The third-order valence-electron chi connectivity index (χ3n) is 6.55. The van der Waals surface area contributed by atoms with Crippen molar-refractivity contribution in [3.05, 3.63) is 100 Å². The molecule has 0 radical (unpaired) electrons. The highest BCUT2D eigenvalue weighted by Gasteiger charge is 2.27. The minimum Gasteiger partial charge on any atom is -0.618 e. The Morgan fingerprint density at radius 3 is 2.34 bits per heavy atom. The Labute approximate surface area is 253 Å². The van der Waals surface area contributed by atoms with Gasteiger partial charge < -0.3 is 5.21 Å². The zero-order valence-corrected chi connectivity index (χ0v) is 23.3. The molecule has 0 saturated heterocycles. The first-order valence-electron chi connectivity index (χ1n) is 12.4. The first kappa shape index (κ1) is 29.2. The second-order valence-electron chi connectivity index (χ2n) is 9.29. The summed E-state index contributed by atoms with van der Waals surface area (Å²) < 4.78 is 72.5. The highest BCUT2D eigenvalue weighted by atomic mass is 35.5. The normalized spacial score (nSPS) is 12.5. The van der Waals surface area contributed by atoms with E-state index in [0.29, 0.717) is 15.0 Å². The monoisotopic (exact) mass is 651 g/mol. The molecule has 44 heavy (non-hydrogen) atoms. The highest BCUT2D eigenvalue weighted by molar-refractivity contribution is 6.31. The van der Waals surface area contributed by atoms with Gasteiger partial charge >= 0.3 is 6.55 Å². The zero-order chi connectivity index (χ0) is 31.1. The quantitative estimate of drug-likeness (QED) is 0.118. The topological polar surface area (TPSA) is 124 Å². The molecule has 0 aliphatic rings. The Bertz CT molecular complexity index is 1950. The fraction of sp³-hybridized carbons (Fsp3) is 0.160. The zero-order valence-electron chi connectivity index (χ0n) is 21.8. The number of halogens is 7. The van der Waals surface area contributed by atoms with Crippen LogP contribution in [0.5, 0.6) is 0 Å². The van der Waals surface area contributed by atoms with Crippen molar-refractivity contribution in [1.29, 1.82) is 0 Å². The molecule has 0 aliphatic carbocycles. The molecule has 19 heteroatoms. The predicted molar refractivity (Wildman–Crippen MR) is 144 cm³/mol. The molecule has 6 rings (SSSR count). The van der Waals surface area contributed by atoms with E-state index in [1.165, 1.54) is 56.9 Å². The van der Waals surface area contributed by atoms with Crippen LogP contribution in [-0.2, 0) is 6.54 Å². The molecule has 0 aliphatic heterocycles. The van der Waals surface area contributed by atoms with E-state index in [0.717, 1.165) is 24.8 Å². The van der Waals surface area contributed by atoms with E-state index in [-0.39, 0.29) is 50.5 Å². The van der Waals surface area contributed by atoms with Gasteiger partial charge in [-0.25, -0.2) is 17.9 Å². The van der Waals surface area contributed by atoms with Crippen LogP contribution in [0.2, 0.25) is 10.2 Å². The average molecular weight is 652 g/mol. The minimum absolute atomic E-state index is 0.0485. The number of nitrogens with zero attached hydrogens (tertiary/aromatic N) is 11. The van der Waals surface area contributed by atoms with Crippen LogP contribution < -0.4 is 4.73 Å². The lowest BCUT2D eigenvalue weighted by Crippen LogP contribution is -2.37. The largest absolute Gasteiger partial charge is 0.618 e. The van der Waals surface area contributed by atoms with Crippen LogP contribution >= 0.6 is 23.2 Å². The summed E-state index contributed by atoms with van der Waals surface area (Å²) in [5.41, 5.74) is 0.341. The van der Waals surface area contributed by atoms with Gasteiger partial charge in [0.2, 0.25) is 5.69 Å². The number of hydrogen-bond donors (Lipinski definition) is 0. The van der Waals surface area contributed by atoms with Gasteiger partial charge in [0.25, 0.3) is 6.43 Å². The number of benzene rings is 1. The molecule has 0 saturated carbocycles. The molecule has 12 nitrogen and oxygen atoms in total. The van der Waals surface area contributed by atoms with E-state index >= 15 is 4.39 Å². The Kier molecular flexibility index (Phi) is 7.73. The van der Waals surface area contributed by atoms with Crippen molar-refractivity contribution in [1.82, 2.24) is 49.5 Å². The molecular weight excluding hydrogens is 636 g/mol. The van der Waals surface area contributed by atoms with Crippen LogP contribution in [-0.4, -0.2) is 49.5 Å². The standard InChI is InChI=1S/C25H16Cl2F5N11O/c26-16-2-4-19(41-12-21(27)36-38-41)22(23(16)28)13-1-3-18(43(44)9-13)20(11-39-7-15(6-33-39)24(29)30)40-8-14(5-34-40)17-10-42(25(31)32)37-35-17/h1-10,12,20,24-25H,11H2/t20-/m1/s1. The van der Waals surface area contributed by atoms with Crippen LogP contribution in [0.3, 0.4) is 0 Å². The van der Waals surface area contributed by atoms with Crippen molar-refractivity contribution in [3.8, 4) is 28.1 Å². The number of rotatable bonds is 9. The van der Waals surface area contributed by atoms with Gasteiger partial charge in [0.05, 0.1) is 58.7 Å². The summed E-state index contributed by atoms with van der Waals surface area (Å²) in [6.45, 7) is -3.06. The van der Waals surface area contributed by atoms with Gasteiger partial charge in [0.1, 0.15) is 5.69 Å². The first-order chi connectivity index (χ1) is 21.1. The van der Waals surface area contributed by atoms with E-state index in [1.807, 2.05) is 0 Å². The summed E-state index contributed by atoms with van der Waals surface area (Å²) in [5.74, 6) is -0.829. The van der Waals surface area contributed by atoms with Gasteiger partial charge in [-0.15, -0.1) is 10.2 Å². The number of alkyl halides is 4. The summed E-state index contributed by atoms with van der Waals surface area (Å²) in [5, 5.41) is 36.3. The van der Waals surface area contributed by atoms with Gasteiger partial charge in [0, 0.05) is 24.0 Å². The fourth-order valence-electron chi connectivity index (χ4n) is 4.49. The van der Waals surface area contributed by atoms with E-state index in [9.17, 15) is 22.8 Å². The molecule has 0 unspecified atom stereocenters. The van der Waals surface area contributed by atoms with Gasteiger partial charge in [-0.2, -0.15) is 28.4 Å². The van der Waals surface area contributed by atoms with Gasteiger partial charge in [-0.05, 0) is 18.2 Å². The van der Waals surface area contributed by atoms with Crippen molar-refractivity contribution in [2.75, 3.05) is 0 Å². The first-order valence-corrected chi connectivity index (χ1v) is 13.2. The molecule has 0 N–H and O–H groups in total. The third-order valence-corrected chi connectivity index (χ3v) is 7.02. The second kappa shape index (κ2) is 11.6. The summed E-state index contributed by atoms with van der Waals surface area (Å²) in [7, 11) is 0. The maximum Gasteiger partial charge on any atom is 0.334 e. The average Bonchev–Trinajstić information content (AvgIpc) is 3.80. The van der Waals surface area contributed by atoms with Crippen LogP contribution in [0.4, 0.5) is 22.0 Å². The van der Waals surface area contributed by atoms with E-state index in [2.05, 4.69) is 30.8 Å². The highest BCUT2D eigenvalue weighted by Crippen LogP contribution is 2.34. The number of pyridine rings is 1. The molecule has 1 aromatic carbocycles. The lowest BCUT2D eigenvalue weighted by atomic mass is 10.0. The maximum atomic E-state index is 15.4. The lowest BCUT2D eigenvalue weighted by molar-refractivity contribution is -0.615. The van der Waals surface area contributed by atoms with Gasteiger partial charge in [-0.1, -0.05) is 33.6 Å². The van der Waals surface area contributed by atoms with E-state index < -0.39 is 24.8 Å². The molecule has 0 spiro atoms. The minimum atomic E-state index is -2.91. The molecule has 5 aromatic heterocycles. The summed E-state index contributed by atoms with van der Waals surface area (Å²) in [6, 6.07) is 4.68. The maximum absolute atomic E-state index is 15.4. The summed E-state index contributed by atoms with van der Waals surface area (Å²) >= 11 is 12.0. The number of aromatic nitrogens is 11. The molecule has 226 valence electrons. The Morgan fingerprint density at radius 2 is 1.68 bits per heavy atom. The molecular formula is C25H16Cl2F5N11O. The lowest BCUT2D eigenvalue weighted by Gasteiger charge is -2.18. The van der Waals surface area contributed by atoms with Crippen molar-refractivity contribution < 1.29 is 26.7 Å².